The summed E-state index contributed by atoms with van der Waals surface area (Å²) < 4.78 is 1.77. The first kappa shape index (κ1) is 9.27. The molecule has 74 valence electrons. The molecule has 0 aromatic carbocycles. The zero-order valence-electron chi connectivity index (χ0n) is 7.75. The summed E-state index contributed by atoms with van der Waals surface area (Å²) in [6, 6.07) is 0. The van der Waals surface area contributed by atoms with Gasteiger partial charge in [0.05, 0.1) is 11.6 Å². The van der Waals surface area contributed by atoms with Crippen LogP contribution in [0.5, 0.6) is 0 Å². The highest BCUT2D eigenvalue weighted by molar-refractivity contribution is 6.30. The van der Waals surface area contributed by atoms with E-state index < -0.39 is 0 Å². The van der Waals surface area contributed by atoms with E-state index in [1.165, 1.54) is 6.20 Å². The Morgan fingerprint density at radius 3 is 3.14 bits per heavy atom. The number of halogens is 1. The average Bonchev–Trinajstić information content (AvgIpc) is 2.57. The van der Waals surface area contributed by atoms with Crippen LogP contribution in [0, 0.1) is 0 Å². The van der Waals surface area contributed by atoms with Crippen LogP contribution in [0.25, 0.3) is 11.0 Å². The van der Waals surface area contributed by atoms with Gasteiger partial charge in [-0.05, 0) is 6.42 Å². The number of nitrogens with zero attached hydrogens (tertiary/aromatic N) is 2. The summed E-state index contributed by atoms with van der Waals surface area (Å²) >= 11 is 5.69. The van der Waals surface area contributed by atoms with Crippen molar-refractivity contribution in [3.8, 4) is 0 Å². The second-order valence-corrected chi connectivity index (χ2v) is 3.50. The molecule has 0 aliphatic carbocycles. The first-order valence-electron chi connectivity index (χ1n) is 4.46. The van der Waals surface area contributed by atoms with Crippen LogP contribution in [0.15, 0.2) is 17.2 Å². The summed E-state index contributed by atoms with van der Waals surface area (Å²) in [6.45, 7) is 2.85. The Morgan fingerprint density at radius 1 is 1.64 bits per heavy atom. The fourth-order valence-electron chi connectivity index (χ4n) is 1.41. The molecular weight excluding hydrogens is 202 g/mol. The fourth-order valence-corrected chi connectivity index (χ4v) is 1.57. The molecule has 2 rings (SSSR count). The Kier molecular flexibility index (Phi) is 2.29. The van der Waals surface area contributed by atoms with Gasteiger partial charge in [-0.15, -0.1) is 0 Å². The summed E-state index contributed by atoms with van der Waals surface area (Å²) in [5.74, 6) is 0. The monoisotopic (exact) mass is 211 g/mol. The van der Waals surface area contributed by atoms with Crippen molar-refractivity contribution in [2.24, 2.45) is 0 Å². The molecule has 1 N–H and O–H groups in total. The Balaban J connectivity index is 2.71. The molecule has 0 fully saturated rings. The van der Waals surface area contributed by atoms with Gasteiger partial charge in [-0.25, -0.2) is 4.68 Å². The summed E-state index contributed by atoms with van der Waals surface area (Å²) in [4.78, 5) is 14.5. The molecular formula is C9H10ClN3O. The van der Waals surface area contributed by atoms with E-state index in [0.29, 0.717) is 5.39 Å². The second-order valence-electron chi connectivity index (χ2n) is 3.10. The quantitative estimate of drug-likeness (QED) is 0.824. The van der Waals surface area contributed by atoms with Crippen molar-refractivity contribution in [1.82, 2.24) is 14.8 Å². The second kappa shape index (κ2) is 3.46. The Morgan fingerprint density at radius 2 is 2.43 bits per heavy atom. The van der Waals surface area contributed by atoms with E-state index in [1.54, 1.807) is 10.9 Å². The topological polar surface area (TPSA) is 50.7 Å². The number of fused-ring (bicyclic) bond motifs is 1. The number of nitrogens with one attached hydrogen (secondary N) is 1. The van der Waals surface area contributed by atoms with Gasteiger partial charge in [0.25, 0.3) is 0 Å². The van der Waals surface area contributed by atoms with Crippen molar-refractivity contribution >= 4 is 22.6 Å². The first-order chi connectivity index (χ1) is 6.74. The minimum atomic E-state index is -0.164. The third-order valence-corrected chi connectivity index (χ3v) is 2.35. The van der Waals surface area contributed by atoms with Crippen molar-refractivity contribution < 1.29 is 0 Å². The highest BCUT2D eigenvalue weighted by Crippen LogP contribution is 2.10. The highest BCUT2D eigenvalue weighted by atomic mass is 35.5. The molecule has 0 amide bonds. The molecule has 0 aliphatic heterocycles. The number of aromatic nitrogens is 3. The molecule has 2 heterocycles. The lowest BCUT2D eigenvalue weighted by Crippen LogP contribution is -2.04. The molecule has 4 nitrogen and oxygen atoms in total. The Bertz CT molecular complexity index is 514. The molecule has 0 bridgehead atoms. The predicted molar refractivity (Wildman–Crippen MR) is 55.7 cm³/mol. The first-order valence-corrected chi connectivity index (χ1v) is 4.84. The van der Waals surface area contributed by atoms with E-state index in [-0.39, 0.29) is 10.5 Å². The van der Waals surface area contributed by atoms with Crippen LogP contribution in [0.1, 0.15) is 13.3 Å². The van der Waals surface area contributed by atoms with E-state index in [0.717, 1.165) is 18.6 Å². The third kappa shape index (κ3) is 1.32. The van der Waals surface area contributed by atoms with Gasteiger partial charge in [-0.1, -0.05) is 18.5 Å². The summed E-state index contributed by atoms with van der Waals surface area (Å²) in [5, 5.41) is 4.86. The normalized spacial score (nSPS) is 11.0. The predicted octanol–water partition coefficient (Wildman–Crippen LogP) is 1.79. The maximum absolute atomic E-state index is 11.5. The van der Waals surface area contributed by atoms with Gasteiger partial charge in [0, 0.05) is 12.7 Å². The van der Waals surface area contributed by atoms with E-state index in [9.17, 15) is 4.79 Å². The van der Waals surface area contributed by atoms with Gasteiger partial charge in [-0.2, -0.15) is 5.10 Å². The molecule has 0 atom stereocenters. The summed E-state index contributed by atoms with van der Waals surface area (Å²) in [7, 11) is 0. The lowest BCUT2D eigenvalue weighted by Gasteiger charge is -1.99. The number of rotatable bonds is 2. The molecule has 0 unspecified atom stereocenters. The molecule has 2 aromatic heterocycles. The number of aryl methyl sites for hydroxylation is 1. The fraction of sp³-hybridized carbons (Fsp3) is 0.333. The van der Waals surface area contributed by atoms with Gasteiger partial charge < -0.3 is 4.98 Å². The number of hydrogen-bond donors (Lipinski definition) is 1. The van der Waals surface area contributed by atoms with Crippen molar-refractivity contribution in [1.29, 1.82) is 0 Å². The lowest BCUT2D eigenvalue weighted by atomic mass is 10.3. The van der Waals surface area contributed by atoms with Crippen LogP contribution in [0.2, 0.25) is 5.02 Å². The number of H-pyrrole nitrogens is 1. The van der Waals surface area contributed by atoms with Gasteiger partial charge >= 0.3 is 0 Å². The maximum Gasteiger partial charge on any atom is 0.211 e. The SMILES string of the molecule is CCCn1ncc2c(=O)c(Cl)c[nH]c21. The molecule has 0 saturated carbocycles. The number of hydrogen-bond acceptors (Lipinski definition) is 2. The smallest absolute Gasteiger partial charge is 0.211 e. The maximum atomic E-state index is 11.5. The standard InChI is InChI=1S/C9H10ClN3O/c1-2-3-13-9-6(4-12-13)8(14)7(10)5-11-9/h4-5H,2-3H2,1H3,(H,11,14). The summed E-state index contributed by atoms with van der Waals surface area (Å²) in [6.07, 6.45) is 4.03. The molecule has 0 spiro atoms. The van der Waals surface area contributed by atoms with Gasteiger partial charge in [-0.3, -0.25) is 4.79 Å². The van der Waals surface area contributed by atoms with Crippen molar-refractivity contribution in [2.45, 2.75) is 19.9 Å². The molecule has 5 heteroatoms. The van der Waals surface area contributed by atoms with Crippen molar-refractivity contribution in [3.63, 3.8) is 0 Å². The Labute approximate surface area is 85.5 Å². The molecule has 0 aliphatic rings. The molecule has 0 radical (unpaired) electrons. The van der Waals surface area contributed by atoms with Crippen molar-refractivity contribution in [2.75, 3.05) is 0 Å². The van der Waals surface area contributed by atoms with Crippen LogP contribution in [0.4, 0.5) is 0 Å². The minimum Gasteiger partial charge on any atom is -0.345 e. The van der Waals surface area contributed by atoms with Crippen LogP contribution >= 0.6 is 11.6 Å². The van der Waals surface area contributed by atoms with Crippen LogP contribution in [-0.2, 0) is 6.54 Å². The van der Waals surface area contributed by atoms with Gasteiger partial charge in [0.1, 0.15) is 10.7 Å². The lowest BCUT2D eigenvalue weighted by molar-refractivity contribution is 0.617. The van der Waals surface area contributed by atoms with E-state index in [4.69, 9.17) is 11.6 Å². The zero-order chi connectivity index (χ0) is 10.1. The largest absolute Gasteiger partial charge is 0.345 e. The van der Waals surface area contributed by atoms with E-state index >= 15 is 0 Å². The summed E-state index contributed by atoms with van der Waals surface area (Å²) in [5.41, 5.74) is 0.573. The van der Waals surface area contributed by atoms with E-state index in [1.807, 2.05) is 0 Å². The van der Waals surface area contributed by atoms with Gasteiger partial charge in [0.15, 0.2) is 0 Å². The van der Waals surface area contributed by atoms with Crippen LogP contribution in [0.3, 0.4) is 0 Å². The molecule has 2 aromatic rings. The number of pyridine rings is 1. The van der Waals surface area contributed by atoms with Crippen LogP contribution in [-0.4, -0.2) is 14.8 Å². The van der Waals surface area contributed by atoms with Crippen LogP contribution < -0.4 is 5.43 Å². The average molecular weight is 212 g/mol. The zero-order valence-corrected chi connectivity index (χ0v) is 8.51. The molecule has 0 saturated heterocycles. The molecule has 14 heavy (non-hydrogen) atoms. The third-order valence-electron chi connectivity index (χ3n) is 2.07. The number of aromatic amines is 1. The van der Waals surface area contributed by atoms with Crippen molar-refractivity contribution in [3.05, 3.63) is 27.6 Å². The minimum absolute atomic E-state index is 0.164. The van der Waals surface area contributed by atoms with E-state index in [2.05, 4.69) is 17.0 Å². The van der Waals surface area contributed by atoms with Gasteiger partial charge in [0.2, 0.25) is 5.43 Å². The highest BCUT2D eigenvalue weighted by Gasteiger charge is 2.07. The Hall–Kier alpha value is -1.29.